The number of thiophene rings is 1. The Hall–Kier alpha value is -1.69. The lowest BCUT2D eigenvalue weighted by Gasteiger charge is -2.18. The summed E-state index contributed by atoms with van der Waals surface area (Å²) in [5.41, 5.74) is 1.33. The Kier molecular flexibility index (Phi) is 3.33. The Balaban J connectivity index is 2.19. The van der Waals surface area contributed by atoms with Crippen LogP contribution in [0.5, 0.6) is 0 Å². The van der Waals surface area contributed by atoms with Crippen LogP contribution in [-0.2, 0) is 24.1 Å². The topological polar surface area (TPSA) is 66.3 Å². The van der Waals surface area contributed by atoms with Gasteiger partial charge in [-0.3, -0.25) is 4.79 Å². The summed E-state index contributed by atoms with van der Waals surface area (Å²) in [6.45, 7) is 1.98. The molecule has 20 heavy (non-hydrogen) atoms. The van der Waals surface area contributed by atoms with E-state index < -0.39 is 5.97 Å². The van der Waals surface area contributed by atoms with Crippen molar-refractivity contribution in [1.82, 2.24) is 9.97 Å². The SMILES string of the molecule is CCc1nc(N(C)CC(=O)O)c2c3c(sc2n1)CCC3. The van der Waals surface area contributed by atoms with Crippen LogP contribution in [0.3, 0.4) is 0 Å². The van der Waals surface area contributed by atoms with Gasteiger partial charge in [0.25, 0.3) is 0 Å². The van der Waals surface area contributed by atoms with E-state index in [2.05, 4.69) is 9.97 Å². The van der Waals surface area contributed by atoms with Gasteiger partial charge in [-0.25, -0.2) is 9.97 Å². The third kappa shape index (κ3) is 2.14. The van der Waals surface area contributed by atoms with E-state index in [-0.39, 0.29) is 6.54 Å². The van der Waals surface area contributed by atoms with Gasteiger partial charge in [-0.15, -0.1) is 11.3 Å². The second-order valence-electron chi connectivity index (χ2n) is 5.10. The van der Waals surface area contributed by atoms with Crippen LogP contribution >= 0.6 is 11.3 Å². The van der Waals surface area contributed by atoms with Crippen molar-refractivity contribution in [3.63, 3.8) is 0 Å². The van der Waals surface area contributed by atoms with E-state index in [0.717, 1.165) is 41.1 Å². The lowest BCUT2D eigenvalue weighted by molar-refractivity contribution is -0.135. The molecule has 2 aromatic rings. The molecule has 1 aliphatic carbocycles. The van der Waals surface area contributed by atoms with Crippen LogP contribution in [0, 0.1) is 0 Å². The number of hydrogen-bond donors (Lipinski definition) is 1. The van der Waals surface area contributed by atoms with E-state index in [1.807, 2.05) is 6.92 Å². The second-order valence-corrected chi connectivity index (χ2v) is 6.19. The zero-order valence-electron chi connectivity index (χ0n) is 11.6. The first-order valence-corrected chi connectivity index (χ1v) is 7.66. The van der Waals surface area contributed by atoms with Gasteiger partial charge in [-0.05, 0) is 24.8 Å². The molecule has 5 nitrogen and oxygen atoms in total. The normalized spacial score (nSPS) is 13.7. The highest BCUT2D eigenvalue weighted by Gasteiger charge is 2.24. The highest BCUT2D eigenvalue weighted by atomic mass is 32.1. The van der Waals surface area contributed by atoms with E-state index in [4.69, 9.17) is 5.11 Å². The summed E-state index contributed by atoms with van der Waals surface area (Å²) in [4.78, 5) is 24.3. The van der Waals surface area contributed by atoms with Crippen molar-refractivity contribution in [3.05, 3.63) is 16.3 Å². The van der Waals surface area contributed by atoms with Gasteiger partial charge in [0.2, 0.25) is 0 Å². The number of likely N-dealkylation sites (N-methyl/N-ethyl adjacent to an activating group) is 1. The van der Waals surface area contributed by atoms with E-state index >= 15 is 0 Å². The van der Waals surface area contributed by atoms with Crippen LogP contribution < -0.4 is 4.90 Å². The predicted molar refractivity (Wildman–Crippen MR) is 79.7 cm³/mol. The molecule has 1 N–H and O–H groups in total. The number of nitrogens with zero attached hydrogens (tertiary/aromatic N) is 3. The van der Waals surface area contributed by atoms with Crippen LogP contribution in [0.1, 0.15) is 29.6 Å². The standard InChI is InChI=1S/C14H17N3O2S/c1-3-10-15-13(17(2)7-11(18)19)12-8-5-4-6-9(8)20-14(12)16-10/h3-7H2,1-2H3,(H,18,19). The van der Waals surface area contributed by atoms with Crippen molar-refractivity contribution in [3.8, 4) is 0 Å². The van der Waals surface area contributed by atoms with Crippen molar-refractivity contribution in [1.29, 1.82) is 0 Å². The maximum absolute atomic E-state index is 11.0. The van der Waals surface area contributed by atoms with Crippen LogP contribution in [0.2, 0.25) is 0 Å². The van der Waals surface area contributed by atoms with Gasteiger partial charge in [-0.1, -0.05) is 6.92 Å². The number of rotatable bonds is 4. The van der Waals surface area contributed by atoms with Gasteiger partial charge < -0.3 is 10.0 Å². The molecule has 0 amide bonds. The molecule has 1 aliphatic rings. The summed E-state index contributed by atoms with van der Waals surface area (Å²) in [7, 11) is 1.79. The summed E-state index contributed by atoms with van der Waals surface area (Å²) in [6, 6.07) is 0. The first kappa shape index (κ1) is 13.3. The maximum atomic E-state index is 11.0. The summed E-state index contributed by atoms with van der Waals surface area (Å²) >= 11 is 1.74. The molecule has 0 bridgehead atoms. The summed E-state index contributed by atoms with van der Waals surface area (Å²) < 4.78 is 0. The molecule has 2 aromatic heterocycles. The zero-order chi connectivity index (χ0) is 14.3. The van der Waals surface area contributed by atoms with Gasteiger partial charge in [0.05, 0.1) is 5.39 Å². The minimum absolute atomic E-state index is 0.0418. The molecule has 0 saturated carbocycles. The number of aromatic nitrogens is 2. The molecular formula is C14H17N3O2S. The molecule has 0 radical (unpaired) electrons. The van der Waals surface area contributed by atoms with Crippen molar-refractivity contribution < 1.29 is 9.90 Å². The Morgan fingerprint density at radius 2 is 2.20 bits per heavy atom. The quantitative estimate of drug-likeness (QED) is 0.936. The molecule has 0 unspecified atom stereocenters. The molecule has 106 valence electrons. The van der Waals surface area contributed by atoms with E-state index in [1.165, 1.54) is 16.9 Å². The largest absolute Gasteiger partial charge is 0.480 e. The third-order valence-corrected chi connectivity index (χ3v) is 4.83. The van der Waals surface area contributed by atoms with Gasteiger partial charge in [0.15, 0.2) is 0 Å². The number of carboxylic acids is 1. The maximum Gasteiger partial charge on any atom is 0.323 e. The molecule has 6 heteroatoms. The number of aliphatic carboxylic acids is 1. The molecule has 0 aliphatic heterocycles. The third-order valence-electron chi connectivity index (χ3n) is 3.64. The van der Waals surface area contributed by atoms with E-state index in [0.29, 0.717) is 0 Å². The first-order valence-electron chi connectivity index (χ1n) is 6.84. The van der Waals surface area contributed by atoms with Crippen LogP contribution in [0.15, 0.2) is 0 Å². The van der Waals surface area contributed by atoms with Gasteiger partial charge in [0.1, 0.15) is 23.0 Å². The summed E-state index contributed by atoms with van der Waals surface area (Å²) in [5.74, 6) is 0.711. The van der Waals surface area contributed by atoms with Crippen LogP contribution in [0.4, 0.5) is 5.82 Å². The summed E-state index contributed by atoms with van der Waals surface area (Å²) in [6.07, 6.45) is 4.10. The fraction of sp³-hybridized carbons (Fsp3) is 0.500. The van der Waals surface area contributed by atoms with E-state index in [1.54, 1.807) is 23.3 Å². The second kappa shape index (κ2) is 5.01. The zero-order valence-corrected chi connectivity index (χ0v) is 12.5. The number of aryl methyl sites for hydroxylation is 3. The van der Waals surface area contributed by atoms with Crippen LogP contribution in [0.25, 0.3) is 10.2 Å². The first-order chi connectivity index (χ1) is 9.60. The van der Waals surface area contributed by atoms with Crippen molar-refractivity contribution >= 4 is 33.3 Å². The Bertz CT molecular complexity index is 681. The van der Waals surface area contributed by atoms with Crippen LogP contribution in [-0.4, -0.2) is 34.6 Å². The van der Waals surface area contributed by atoms with E-state index in [9.17, 15) is 4.79 Å². The molecule has 0 aromatic carbocycles. The lowest BCUT2D eigenvalue weighted by atomic mass is 10.2. The average molecular weight is 291 g/mol. The minimum atomic E-state index is -0.843. The fourth-order valence-electron chi connectivity index (χ4n) is 2.73. The Morgan fingerprint density at radius 1 is 1.40 bits per heavy atom. The van der Waals surface area contributed by atoms with Gasteiger partial charge in [-0.2, -0.15) is 0 Å². The molecule has 0 atom stereocenters. The molecule has 3 rings (SSSR count). The highest BCUT2D eigenvalue weighted by Crippen LogP contribution is 2.40. The summed E-state index contributed by atoms with van der Waals surface area (Å²) in [5, 5.41) is 10.1. The highest BCUT2D eigenvalue weighted by molar-refractivity contribution is 7.19. The lowest BCUT2D eigenvalue weighted by Crippen LogP contribution is -2.26. The molecule has 0 fully saturated rings. The Morgan fingerprint density at radius 3 is 2.90 bits per heavy atom. The predicted octanol–water partition coefficient (Wildman–Crippen LogP) is 2.26. The number of fused-ring (bicyclic) bond motifs is 3. The molecule has 0 saturated heterocycles. The average Bonchev–Trinajstić information content (AvgIpc) is 2.96. The van der Waals surface area contributed by atoms with Crippen molar-refractivity contribution in [2.45, 2.75) is 32.6 Å². The fourth-order valence-corrected chi connectivity index (χ4v) is 4.01. The number of carboxylic acid groups (broad SMARTS) is 1. The molecular weight excluding hydrogens is 274 g/mol. The Labute approximate surface area is 121 Å². The van der Waals surface area contributed by atoms with Crippen molar-refractivity contribution in [2.24, 2.45) is 0 Å². The molecule has 0 spiro atoms. The van der Waals surface area contributed by atoms with Gasteiger partial charge >= 0.3 is 5.97 Å². The molecule has 2 heterocycles. The minimum Gasteiger partial charge on any atom is -0.480 e. The van der Waals surface area contributed by atoms with Gasteiger partial charge in [0, 0.05) is 18.3 Å². The van der Waals surface area contributed by atoms with Crippen molar-refractivity contribution in [2.75, 3.05) is 18.5 Å². The number of carbonyl (C=O) groups is 1. The number of hydrogen-bond acceptors (Lipinski definition) is 5. The number of anilines is 1. The monoisotopic (exact) mass is 291 g/mol. The smallest absolute Gasteiger partial charge is 0.323 e.